The van der Waals surface area contributed by atoms with E-state index in [1.807, 2.05) is 0 Å². The molecule has 1 aromatic rings. The van der Waals surface area contributed by atoms with Crippen LogP contribution in [0.25, 0.3) is 0 Å². The van der Waals surface area contributed by atoms with Crippen LogP contribution in [0.1, 0.15) is 25.3 Å². The number of halogens is 3. The van der Waals surface area contributed by atoms with Crippen molar-refractivity contribution in [1.82, 2.24) is 0 Å². The van der Waals surface area contributed by atoms with Crippen LogP contribution in [0.2, 0.25) is 0 Å². The first kappa shape index (κ1) is 17.5. The summed E-state index contributed by atoms with van der Waals surface area (Å²) in [6.07, 6.45) is 1.34. The van der Waals surface area contributed by atoms with Gasteiger partial charge in [-0.15, -0.1) is 6.58 Å². The van der Waals surface area contributed by atoms with Gasteiger partial charge in [0.05, 0.1) is 0 Å². The largest absolute Gasteiger partial charge is 1.00 e. The molecule has 0 spiro atoms. The van der Waals surface area contributed by atoms with Gasteiger partial charge in [-0.05, 0) is 11.7 Å². The molecule has 0 N–H and O–H groups in total. The Kier molecular flexibility index (Phi) is 7.33. The fraction of sp³-hybridized carbons (Fsp3) is 0.333. The molecule has 0 amide bonds. The van der Waals surface area contributed by atoms with E-state index >= 15 is 0 Å². The second-order valence-corrected chi connectivity index (χ2v) is 3.94. The monoisotopic (exact) mass is 266 g/mol. The van der Waals surface area contributed by atoms with Crippen LogP contribution in [-0.2, 0) is 5.31 Å². The van der Waals surface area contributed by atoms with Crippen molar-refractivity contribution >= 4 is 6.98 Å². The molecule has 88 valence electrons. The van der Waals surface area contributed by atoms with Gasteiger partial charge in [-0.1, -0.05) is 55.3 Å². The molecule has 1 aromatic carbocycles. The van der Waals surface area contributed by atoms with Crippen molar-refractivity contribution in [3.8, 4) is 0 Å². The SMILES string of the molecule is C=CC[C@](CC)(c1ccccc1)[B-](F)(F)F.[K+]. The van der Waals surface area contributed by atoms with Gasteiger partial charge >= 0.3 is 58.4 Å². The molecule has 5 heteroatoms. The van der Waals surface area contributed by atoms with Crippen LogP contribution in [0.15, 0.2) is 43.0 Å². The smallest absolute Gasteiger partial charge is 0.448 e. The van der Waals surface area contributed by atoms with E-state index in [1.54, 1.807) is 37.3 Å². The summed E-state index contributed by atoms with van der Waals surface area (Å²) in [7, 11) is 0. The van der Waals surface area contributed by atoms with Crippen LogP contribution < -0.4 is 51.4 Å². The number of hydrogen-bond acceptors (Lipinski definition) is 0. The molecule has 0 aliphatic heterocycles. The van der Waals surface area contributed by atoms with Gasteiger partial charge < -0.3 is 12.9 Å². The van der Waals surface area contributed by atoms with Gasteiger partial charge in [0, 0.05) is 0 Å². The van der Waals surface area contributed by atoms with Gasteiger partial charge in [0.15, 0.2) is 0 Å². The number of hydrogen-bond donors (Lipinski definition) is 0. The summed E-state index contributed by atoms with van der Waals surface area (Å²) in [5, 5.41) is -1.73. The zero-order chi connectivity index (χ0) is 12.2. The van der Waals surface area contributed by atoms with Crippen LogP contribution in [0.3, 0.4) is 0 Å². The molecular weight excluding hydrogens is 251 g/mol. The minimum absolute atomic E-state index is 0. The molecule has 0 bridgehead atoms. The normalized spacial score (nSPS) is 14.6. The Morgan fingerprint density at radius 2 is 1.76 bits per heavy atom. The third kappa shape index (κ3) is 3.71. The van der Waals surface area contributed by atoms with E-state index in [1.165, 1.54) is 6.08 Å². The van der Waals surface area contributed by atoms with E-state index in [0.717, 1.165) is 0 Å². The van der Waals surface area contributed by atoms with Crippen molar-refractivity contribution < 1.29 is 64.3 Å². The Balaban J connectivity index is 0.00000256. The zero-order valence-electron chi connectivity index (χ0n) is 10.3. The van der Waals surface area contributed by atoms with E-state index in [9.17, 15) is 12.9 Å². The van der Waals surface area contributed by atoms with Crippen LogP contribution in [0, 0.1) is 0 Å². The molecule has 0 saturated carbocycles. The van der Waals surface area contributed by atoms with Crippen LogP contribution in [0.4, 0.5) is 12.9 Å². The molecule has 1 rings (SSSR count). The van der Waals surface area contributed by atoms with Crippen LogP contribution in [-0.4, -0.2) is 6.98 Å². The molecule has 1 atom stereocenters. The van der Waals surface area contributed by atoms with Crippen LogP contribution >= 0.6 is 0 Å². The Morgan fingerprint density at radius 3 is 2.12 bits per heavy atom. The predicted molar refractivity (Wildman–Crippen MR) is 62.3 cm³/mol. The first-order valence-electron chi connectivity index (χ1n) is 5.33. The molecule has 0 aliphatic rings. The molecule has 0 unspecified atom stereocenters. The van der Waals surface area contributed by atoms with Crippen molar-refractivity contribution in [2.75, 3.05) is 0 Å². The Morgan fingerprint density at radius 1 is 1.24 bits per heavy atom. The van der Waals surface area contributed by atoms with E-state index < -0.39 is 12.3 Å². The minimum atomic E-state index is -4.94. The van der Waals surface area contributed by atoms with Crippen molar-refractivity contribution in [1.29, 1.82) is 0 Å². The van der Waals surface area contributed by atoms with Crippen molar-refractivity contribution in [3.05, 3.63) is 48.6 Å². The van der Waals surface area contributed by atoms with Crippen molar-refractivity contribution in [2.24, 2.45) is 0 Å². The number of allylic oxidation sites excluding steroid dienone is 1. The number of rotatable bonds is 5. The summed E-state index contributed by atoms with van der Waals surface area (Å²) in [6, 6.07) is 8.10. The topological polar surface area (TPSA) is 0 Å². The van der Waals surface area contributed by atoms with Gasteiger partial charge in [-0.3, -0.25) is 0 Å². The summed E-state index contributed by atoms with van der Waals surface area (Å²) in [5.74, 6) is 0. The summed E-state index contributed by atoms with van der Waals surface area (Å²) < 4.78 is 39.8. The van der Waals surface area contributed by atoms with Gasteiger partial charge in [0.1, 0.15) is 0 Å². The molecule has 0 heterocycles. The third-order valence-corrected chi connectivity index (χ3v) is 3.11. The standard InChI is InChI=1S/C12H15BF3.K/c1-3-10-12(4-2,13(14,15)16)11-8-6-5-7-9-11;/h3,5-9H,1,4,10H2,2H3;/q-1;+1/t12-;/m1./s1. The molecule has 0 aliphatic carbocycles. The maximum atomic E-state index is 13.3. The molecular formula is C12H15BF3K. The van der Waals surface area contributed by atoms with E-state index in [-0.39, 0.29) is 64.2 Å². The molecule has 0 fully saturated rings. The molecule has 0 nitrogen and oxygen atoms in total. The van der Waals surface area contributed by atoms with Gasteiger partial charge in [0.25, 0.3) is 0 Å². The van der Waals surface area contributed by atoms with Crippen molar-refractivity contribution in [2.45, 2.75) is 25.1 Å². The first-order chi connectivity index (χ1) is 7.48. The Bertz CT molecular complexity index is 351. The fourth-order valence-corrected chi connectivity index (χ4v) is 2.05. The first-order valence-corrected chi connectivity index (χ1v) is 5.33. The molecule has 0 aromatic heterocycles. The Labute approximate surface area is 143 Å². The van der Waals surface area contributed by atoms with Gasteiger partial charge in [-0.25, -0.2) is 0 Å². The van der Waals surface area contributed by atoms with E-state index in [2.05, 4.69) is 6.58 Å². The van der Waals surface area contributed by atoms with E-state index in [0.29, 0.717) is 5.56 Å². The fourth-order valence-electron chi connectivity index (χ4n) is 2.05. The maximum Gasteiger partial charge on any atom is 1.00 e. The summed E-state index contributed by atoms with van der Waals surface area (Å²) in [4.78, 5) is 0. The predicted octanol–water partition coefficient (Wildman–Crippen LogP) is 1.30. The van der Waals surface area contributed by atoms with Crippen LogP contribution in [0.5, 0.6) is 0 Å². The van der Waals surface area contributed by atoms with Crippen molar-refractivity contribution in [3.63, 3.8) is 0 Å². The molecule has 17 heavy (non-hydrogen) atoms. The molecule has 0 radical (unpaired) electrons. The second-order valence-electron chi connectivity index (χ2n) is 3.94. The average molecular weight is 266 g/mol. The minimum Gasteiger partial charge on any atom is -0.448 e. The number of benzene rings is 1. The second kappa shape index (κ2) is 7.14. The summed E-state index contributed by atoms with van der Waals surface area (Å²) in [5.41, 5.74) is 0.338. The zero-order valence-corrected chi connectivity index (χ0v) is 13.4. The third-order valence-electron chi connectivity index (χ3n) is 3.11. The van der Waals surface area contributed by atoms with Gasteiger partial charge in [-0.2, -0.15) is 0 Å². The quantitative estimate of drug-likeness (QED) is 0.556. The summed E-state index contributed by atoms with van der Waals surface area (Å²) in [6.45, 7) is 0.0822. The van der Waals surface area contributed by atoms with Gasteiger partial charge in [0.2, 0.25) is 0 Å². The molecule has 0 saturated heterocycles. The van der Waals surface area contributed by atoms with E-state index in [4.69, 9.17) is 0 Å². The Hall–Kier alpha value is 0.451. The summed E-state index contributed by atoms with van der Waals surface area (Å²) >= 11 is 0. The average Bonchev–Trinajstić information content (AvgIpc) is 2.25. The maximum absolute atomic E-state index is 13.3.